The summed E-state index contributed by atoms with van der Waals surface area (Å²) in [6.45, 7) is 5.86. The van der Waals surface area contributed by atoms with Gasteiger partial charge in [0.1, 0.15) is 17.7 Å². The van der Waals surface area contributed by atoms with Crippen LogP contribution in [-0.4, -0.2) is 48.8 Å². The molecule has 0 spiro atoms. The van der Waals surface area contributed by atoms with E-state index in [1.807, 2.05) is 0 Å². The first kappa shape index (κ1) is 25.5. The lowest BCUT2D eigenvalue weighted by Crippen LogP contribution is -2.40. The van der Waals surface area contributed by atoms with Crippen molar-refractivity contribution in [1.29, 1.82) is 0 Å². The number of hydrogen-bond acceptors (Lipinski definition) is 8. The zero-order valence-corrected chi connectivity index (χ0v) is 17.9. The SMILES string of the molecule is C=CC(=O)OCCCOC(=O)CCC(CC(=O)OC1CCCCC1)(C(C)=O)C(C)=O. The summed E-state index contributed by atoms with van der Waals surface area (Å²) in [7, 11) is 0. The number of ketones is 2. The number of ether oxygens (including phenoxy) is 3. The molecule has 0 unspecified atom stereocenters. The van der Waals surface area contributed by atoms with Crippen LogP contribution in [0.3, 0.4) is 0 Å². The van der Waals surface area contributed by atoms with Gasteiger partial charge < -0.3 is 14.2 Å². The predicted octanol–water partition coefficient (Wildman–Crippen LogP) is 2.86. The lowest BCUT2D eigenvalue weighted by Gasteiger charge is -2.29. The third-order valence-electron chi connectivity index (χ3n) is 5.36. The first-order valence-electron chi connectivity index (χ1n) is 10.4. The molecule has 8 heteroatoms. The van der Waals surface area contributed by atoms with Crippen molar-refractivity contribution in [2.24, 2.45) is 5.41 Å². The van der Waals surface area contributed by atoms with Crippen molar-refractivity contribution in [3.63, 3.8) is 0 Å². The second kappa shape index (κ2) is 12.9. The normalized spacial score (nSPS) is 14.5. The smallest absolute Gasteiger partial charge is 0.330 e. The van der Waals surface area contributed by atoms with Gasteiger partial charge in [0, 0.05) is 18.9 Å². The first-order valence-corrected chi connectivity index (χ1v) is 10.4. The molecule has 1 saturated carbocycles. The van der Waals surface area contributed by atoms with Crippen molar-refractivity contribution < 1.29 is 38.2 Å². The van der Waals surface area contributed by atoms with Gasteiger partial charge in [-0.25, -0.2) is 4.79 Å². The Balaban J connectivity index is 2.56. The maximum atomic E-state index is 12.4. The van der Waals surface area contributed by atoms with Crippen LogP contribution in [0, 0.1) is 5.41 Å². The molecule has 0 amide bonds. The zero-order chi connectivity index (χ0) is 22.6. The molecule has 0 N–H and O–H groups in total. The number of carbonyl (C=O) groups is 5. The van der Waals surface area contributed by atoms with Gasteiger partial charge >= 0.3 is 17.9 Å². The average molecular weight is 424 g/mol. The fourth-order valence-electron chi connectivity index (χ4n) is 3.46. The van der Waals surface area contributed by atoms with Gasteiger partial charge in [-0.05, 0) is 46.0 Å². The molecule has 30 heavy (non-hydrogen) atoms. The Morgan fingerprint density at radius 3 is 2.10 bits per heavy atom. The zero-order valence-electron chi connectivity index (χ0n) is 17.9. The Bertz CT molecular complexity index is 632. The number of hydrogen-bond donors (Lipinski definition) is 0. The summed E-state index contributed by atoms with van der Waals surface area (Å²) in [5, 5.41) is 0. The van der Waals surface area contributed by atoms with Crippen LogP contribution in [0.25, 0.3) is 0 Å². The van der Waals surface area contributed by atoms with Crippen LogP contribution < -0.4 is 0 Å². The molecule has 1 aliphatic carbocycles. The highest BCUT2D eigenvalue weighted by Crippen LogP contribution is 2.33. The topological polar surface area (TPSA) is 113 Å². The van der Waals surface area contributed by atoms with Gasteiger partial charge in [-0.15, -0.1) is 0 Å². The van der Waals surface area contributed by atoms with Gasteiger partial charge in [0.25, 0.3) is 0 Å². The quantitative estimate of drug-likeness (QED) is 0.146. The Labute approximate surface area is 177 Å². The molecule has 0 bridgehead atoms. The van der Waals surface area contributed by atoms with Crippen molar-refractivity contribution in [3.05, 3.63) is 12.7 Å². The van der Waals surface area contributed by atoms with Crippen molar-refractivity contribution >= 4 is 29.5 Å². The fraction of sp³-hybridized carbons (Fsp3) is 0.682. The molecule has 8 nitrogen and oxygen atoms in total. The van der Waals surface area contributed by atoms with Gasteiger partial charge in [0.15, 0.2) is 0 Å². The van der Waals surface area contributed by atoms with Crippen LogP contribution in [0.4, 0.5) is 0 Å². The van der Waals surface area contributed by atoms with E-state index >= 15 is 0 Å². The van der Waals surface area contributed by atoms with Crippen molar-refractivity contribution in [2.75, 3.05) is 13.2 Å². The third-order valence-corrected chi connectivity index (χ3v) is 5.36. The summed E-state index contributed by atoms with van der Waals surface area (Å²) in [4.78, 5) is 59.9. The number of rotatable bonds is 13. The molecule has 1 rings (SSSR count). The summed E-state index contributed by atoms with van der Waals surface area (Å²) in [5.74, 6) is -2.70. The monoisotopic (exact) mass is 424 g/mol. The molecule has 0 atom stereocenters. The highest BCUT2D eigenvalue weighted by atomic mass is 16.5. The van der Waals surface area contributed by atoms with Crippen LogP contribution in [0.1, 0.15) is 71.6 Å². The summed E-state index contributed by atoms with van der Waals surface area (Å²) in [6.07, 6.45) is 5.13. The number of Topliss-reactive ketones (excluding diaryl/α,β-unsaturated/α-hetero) is 2. The maximum Gasteiger partial charge on any atom is 0.330 e. The molecule has 0 heterocycles. The van der Waals surface area contributed by atoms with Gasteiger partial charge in [-0.1, -0.05) is 13.0 Å². The molecule has 0 saturated heterocycles. The minimum Gasteiger partial charge on any atom is -0.466 e. The number of carbonyl (C=O) groups excluding carboxylic acids is 5. The Morgan fingerprint density at radius 1 is 0.933 bits per heavy atom. The van der Waals surface area contributed by atoms with E-state index in [9.17, 15) is 24.0 Å². The van der Waals surface area contributed by atoms with Crippen molar-refractivity contribution in [3.8, 4) is 0 Å². The molecule has 0 aliphatic heterocycles. The minimum atomic E-state index is -1.59. The molecule has 1 aliphatic rings. The van der Waals surface area contributed by atoms with Gasteiger partial charge in [-0.3, -0.25) is 19.2 Å². The third kappa shape index (κ3) is 8.47. The van der Waals surface area contributed by atoms with Crippen molar-refractivity contribution in [1.82, 2.24) is 0 Å². The van der Waals surface area contributed by atoms with E-state index in [2.05, 4.69) is 6.58 Å². The van der Waals surface area contributed by atoms with Gasteiger partial charge in [-0.2, -0.15) is 0 Å². The molecule has 0 aromatic heterocycles. The van der Waals surface area contributed by atoms with Crippen LogP contribution in [0.2, 0.25) is 0 Å². The standard InChI is InChI=1S/C22H32O8/c1-4-19(25)28-13-8-14-29-20(26)11-12-22(16(2)23,17(3)24)15-21(27)30-18-9-6-5-7-10-18/h4,18H,1,5-15H2,2-3H3. The van der Waals surface area contributed by atoms with E-state index in [-0.39, 0.29) is 38.6 Å². The molecular formula is C22H32O8. The largest absolute Gasteiger partial charge is 0.466 e. The number of esters is 3. The van der Waals surface area contributed by atoms with E-state index in [0.717, 1.165) is 38.2 Å². The van der Waals surface area contributed by atoms with E-state index in [1.54, 1.807) is 0 Å². The van der Waals surface area contributed by atoms with Gasteiger partial charge in [0.2, 0.25) is 0 Å². The Hall–Kier alpha value is -2.51. The first-order chi connectivity index (χ1) is 14.2. The maximum absolute atomic E-state index is 12.4. The minimum absolute atomic E-state index is 0.0279. The molecular weight excluding hydrogens is 392 g/mol. The van der Waals surface area contributed by atoms with Gasteiger partial charge in [0.05, 0.1) is 25.0 Å². The summed E-state index contributed by atoms with van der Waals surface area (Å²) >= 11 is 0. The molecule has 1 fully saturated rings. The second-order valence-electron chi connectivity index (χ2n) is 7.57. The molecule has 0 aromatic carbocycles. The summed E-state index contributed by atoms with van der Waals surface area (Å²) in [6, 6.07) is 0. The lowest BCUT2D eigenvalue weighted by molar-refractivity contribution is -0.159. The fourth-order valence-corrected chi connectivity index (χ4v) is 3.46. The Morgan fingerprint density at radius 2 is 1.53 bits per heavy atom. The highest BCUT2D eigenvalue weighted by Gasteiger charge is 2.43. The predicted molar refractivity (Wildman–Crippen MR) is 107 cm³/mol. The second-order valence-corrected chi connectivity index (χ2v) is 7.57. The van der Waals surface area contributed by atoms with E-state index in [1.165, 1.54) is 13.8 Å². The highest BCUT2D eigenvalue weighted by molar-refractivity contribution is 6.07. The van der Waals surface area contributed by atoms with E-state index < -0.39 is 34.9 Å². The van der Waals surface area contributed by atoms with Crippen LogP contribution >= 0.6 is 0 Å². The summed E-state index contributed by atoms with van der Waals surface area (Å²) < 4.78 is 15.3. The van der Waals surface area contributed by atoms with Crippen LogP contribution in [0.15, 0.2) is 12.7 Å². The van der Waals surface area contributed by atoms with Crippen molar-refractivity contribution in [2.45, 2.75) is 77.7 Å². The van der Waals surface area contributed by atoms with E-state index in [4.69, 9.17) is 14.2 Å². The average Bonchev–Trinajstić information content (AvgIpc) is 2.70. The molecule has 0 aromatic rings. The molecule has 0 radical (unpaired) electrons. The van der Waals surface area contributed by atoms with Crippen LogP contribution in [-0.2, 0) is 38.2 Å². The summed E-state index contributed by atoms with van der Waals surface area (Å²) in [5.41, 5.74) is -1.59. The Kier molecular flexibility index (Phi) is 11.0. The molecule has 168 valence electrons. The van der Waals surface area contributed by atoms with Crippen LogP contribution in [0.5, 0.6) is 0 Å². The van der Waals surface area contributed by atoms with E-state index in [0.29, 0.717) is 6.42 Å². The lowest BCUT2D eigenvalue weighted by atomic mass is 9.73.